The molecule has 3 aromatic rings. The van der Waals surface area contributed by atoms with Crippen LogP contribution in [0.2, 0.25) is 0 Å². The Labute approximate surface area is 156 Å². The lowest BCUT2D eigenvalue weighted by molar-refractivity contribution is -0.115. The number of hydrogen-bond acceptors (Lipinski definition) is 5. The smallest absolute Gasteiger partial charge is 0.237 e. The van der Waals surface area contributed by atoms with Crippen molar-refractivity contribution in [1.82, 2.24) is 19.7 Å². The normalized spacial score (nSPS) is 15.3. The predicted octanol–water partition coefficient (Wildman–Crippen LogP) is 3.67. The van der Waals surface area contributed by atoms with E-state index < -0.39 is 0 Å². The molecule has 0 spiro atoms. The van der Waals surface area contributed by atoms with Crippen molar-refractivity contribution in [2.24, 2.45) is 0 Å². The largest absolute Gasteiger partial charge is 0.324 e. The number of fused-ring (bicyclic) bond motifs is 2. The highest BCUT2D eigenvalue weighted by molar-refractivity contribution is 8.00. The maximum atomic E-state index is 12.7. The molecule has 7 heteroatoms. The van der Waals surface area contributed by atoms with Crippen LogP contribution < -0.4 is 5.32 Å². The number of carbonyl (C=O) groups is 1. The second kappa shape index (κ2) is 7.45. The van der Waals surface area contributed by atoms with E-state index in [4.69, 9.17) is 0 Å². The topological polar surface area (TPSA) is 72.7 Å². The van der Waals surface area contributed by atoms with Crippen molar-refractivity contribution in [1.29, 1.82) is 0 Å². The number of benzene rings is 1. The van der Waals surface area contributed by atoms with Gasteiger partial charge in [-0.05, 0) is 44.0 Å². The molecular formula is C19H21N5OS. The van der Waals surface area contributed by atoms with E-state index in [1.54, 1.807) is 6.20 Å². The summed E-state index contributed by atoms with van der Waals surface area (Å²) in [6, 6.07) is 9.59. The summed E-state index contributed by atoms with van der Waals surface area (Å²) in [5, 5.41) is 13.2. The first-order valence-electron chi connectivity index (χ1n) is 8.96. The summed E-state index contributed by atoms with van der Waals surface area (Å²) in [5.41, 5.74) is 1.65. The molecule has 26 heavy (non-hydrogen) atoms. The number of nitrogens with zero attached hydrogens (tertiary/aromatic N) is 4. The van der Waals surface area contributed by atoms with Crippen LogP contribution in [0.1, 0.15) is 32.0 Å². The molecule has 0 unspecified atom stereocenters. The quantitative estimate of drug-likeness (QED) is 0.712. The minimum Gasteiger partial charge on any atom is -0.324 e. The molecule has 0 saturated carbocycles. The molecule has 134 valence electrons. The molecule has 1 N–H and O–H groups in total. The van der Waals surface area contributed by atoms with Crippen molar-refractivity contribution in [2.45, 2.75) is 49.6 Å². The van der Waals surface area contributed by atoms with Crippen molar-refractivity contribution >= 4 is 34.3 Å². The molecule has 6 nitrogen and oxygen atoms in total. The summed E-state index contributed by atoms with van der Waals surface area (Å²) in [4.78, 5) is 17.0. The van der Waals surface area contributed by atoms with E-state index in [-0.39, 0.29) is 11.2 Å². The van der Waals surface area contributed by atoms with E-state index >= 15 is 0 Å². The van der Waals surface area contributed by atoms with Gasteiger partial charge in [-0.3, -0.25) is 9.78 Å². The number of aryl methyl sites for hydroxylation is 1. The lowest BCUT2D eigenvalue weighted by Crippen LogP contribution is -2.23. The van der Waals surface area contributed by atoms with Crippen LogP contribution in [-0.2, 0) is 17.8 Å². The zero-order chi connectivity index (χ0) is 17.9. The van der Waals surface area contributed by atoms with Gasteiger partial charge in [0, 0.05) is 24.5 Å². The van der Waals surface area contributed by atoms with Crippen LogP contribution in [0.15, 0.2) is 41.7 Å². The third-order valence-electron chi connectivity index (χ3n) is 4.63. The van der Waals surface area contributed by atoms with Gasteiger partial charge in [0.05, 0.1) is 16.5 Å². The lowest BCUT2D eigenvalue weighted by Gasteiger charge is -2.14. The number of rotatable bonds is 4. The van der Waals surface area contributed by atoms with Crippen LogP contribution in [0, 0.1) is 0 Å². The number of nitrogens with one attached hydrogen (secondary N) is 1. The Balaban J connectivity index is 1.49. The lowest BCUT2D eigenvalue weighted by atomic mass is 10.2. The summed E-state index contributed by atoms with van der Waals surface area (Å²) < 4.78 is 2.17. The van der Waals surface area contributed by atoms with Gasteiger partial charge in [0.15, 0.2) is 5.16 Å². The second-order valence-corrected chi connectivity index (χ2v) is 7.79. The standard InChI is InChI=1S/C19H21N5OS/c1-13(26-19-23-22-17-10-3-2-4-12-24(17)19)18(25)21-16-9-5-8-15-14(16)7-6-11-20-15/h5-9,11,13H,2-4,10,12H2,1H3,(H,21,25)/t13-/m1/s1. The molecule has 0 radical (unpaired) electrons. The summed E-state index contributed by atoms with van der Waals surface area (Å²) in [6.07, 6.45) is 6.25. The molecule has 4 rings (SSSR count). The highest BCUT2D eigenvalue weighted by Crippen LogP contribution is 2.27. The number of anilines is 1. The third-order valence-corrected chi connectivity index (χ3v) is 5.71. The van der Waals surface area contributed by atoms with Crippen molar-refractivity contribution < 1.29 is 4.79 Å². The van der Waals surface area contributed by atoms with E-state index in [1.165, 1.54) is 18.2 Å². The Bertz CT molecular complexity index is 933. The Hall–Kier alpha value is -2.41. The first-order chi connectivity index (χ1) is 12.7. The molecule has 1 aromatic carbocycles. The number of pyridine rings is 1. The Morgan fingerprint density at radius 2 is 2.12 bits per heavy atom. The van der Waals surface area contributed by atoms with E-state index in [0.29, 0.717) is 0 Å². The first-order valence-corrected chi connectivity index (χ1v) is 9.84. The monoisotopic (exact) mass is 367 g/mol. The van der Waals surface area contributed by atoms with E-state index in [1.807, 2.05) is 37.3 Å². The van der Waals surface area contributed by atoms with Crippen LogP contribution in [0.5, 0.6) is 0 Å². The molecule has 0 fully saturated rings. The highest BCUT2D eigenvalue weighted by atomic mass is 32.2. The highest BCUT2D eigenvalue weighted by Gasteiger charge is 2.21. The summed E-state index contributed by atoms with van der Waals surface area (Å²) >= 11 is 1.47. The fraction of sp³-hybridized carbons (Fsp3) is 0.368. The molecule has 0 aliphatic carbocycles. The van der Waals surface area contributed by atoms with Crippen LogP contribution in [0.3, 0.4) is 0 Å². The molecule has 2 aromatic heterocycles. The number of amides is 1. The number of thioether (sulfide) groups is 1. The SMILES string of the molecule is C[C@@H](Sc1nnc2n1CCCCC2)C(=O)Nc1cccc2ncccc12. The molecule has 1 amide bonds. The molecule has 1 aliphatic heterocycles. The summed E-state index contributed by atoms with van der Waals surface area (Å²) in [6.45, 7) is 2.84. The van der Waals surface area contributed by atoms with Crippen LogP contribution in [0.4, 0.5) is 5.69 Å². The van der Waals surface area contributed by atoms with Crippen molar-refractivity contribution in [2.75, 3.05) is 5.32 Å². The minimum atomic E-state index is -0.265. The zero-order valence-electron chi connectivity index (χ0n) is 14.7. The molecular weight excluding hydrogens is 346 g/mol. The minimum absolute atomic E-state index is 0.0441. The van der Waals surface area contributed by atoms with Gasteiger partial charge in [-0.1, -0.05) is 24.2 Å². The zero-order valence-corrected chi connectivity index (χ0v) is 15.5. The fourth-order valence-electron chi connectivity index (χ4n) is 3.20. The number of hydrogen-bond donors (Lipinski definition) is 1. The second-order valence-electron chi connectivity index (χ2n) is 6.49. The Morgan fingerprint density at radius 1 is 1.19 bits per heavy atom. The van der Waals surface area contributed by atoms with Gasteiger partial charge in [-0.15, -0.1) is 10.2 Å². The van der Waals surface area contributed by atoms with Gasteiger partial charge < -0.3 is 9.88 Å². The third kappa shape index (κ3) is 3.44. The van der Waals surface area contributed by atoms with Gasteiger partial charge in [0.1, 0.15) is 5.82 Å². The summed E-state index contributed by atoms with van der Waals surface area (Å²) in [7, 11) is 0. The van der Waals surface area contributed by atoms with Crippen molar-refractivity contribution in [3.05, 3.63) is 42.4 Å². The maximum Gasteiger partial charge on any atom is 0.237 e. The molecule has 0 bridgehead atoms. The Morgan fingerprint density at radius 3 is 3.04 bits per heavy atom. The van der Waals surface area contributed by atoms with E-state index in [2.05, 4.69) is 25.1 Å². The first kappa shape index (κ1) is 17.0. The van der Waals surface area contributed by atoms with E-state index in [9.17, 15) is 4.79 Å². The van der Waals surface area contributed by atoms with Gasteiger partial charge in [-0.25, -0.2) is 0 Å². The summed E-state index contributed by atoms with van der Waals surface area (Å²) in [5.74, 6) is 0.995. The molecule has 3 heterocycles. The van der Waals surface area contributed by atoms with Gasteiger partial charge >= 0.3 is 0 Å². The van der Waals surface area contributed by atoms with E-state index in [0.717, 1.165) is 53.4 Å². The average molecular weight is 367 g/mol. The average Bonchev–Trinajstić information content (AvgIpc) is 2.88. The maximum absolute atomic E-state index is 12.7. The van der Waals surface area contributed by atoms with Gasteiger partial charge in [0.2, 0.25) is 5.91 Å². The van der Waals surface area contributed by atoms with Gasteiger partial charge in [-0.2, -0.15) is 0 Å². The van der Waals surface area contributed by atoms with Crippen molar-refractivity contribution in [3.8, 4) is 0 Å². The number of aromatic nitrogens is 4. The van der Waals surface area contributed by atoms with Crippen LogP contribution >= 0.6 is 11.8 Å². The molecule has 1 aliphatic rings. The van der Waals surface area contributed by atoms with Crippen LogP contribution in [-0.4, -0.2) is 30.9 Å². The van der Waals surface area contributed by atoms with Gasteiger partial charge in [0.25, 0.3) is 0 Å². The predicted molar refractivity (Wildman–Crippen MR) is 103 cm³/mol. The van der Waals surface area contributed by atoms with Crippen molar-refractivity contribution in [3.63, 3.8) is 0 Å². The molecule has 1 atom stereocenters. The Kier molecular flexibility index (Phi) is 4.88. The van der Waals surface area contributed by atoms with Crippen LogP contribution in [0.25, 0.3) is 10.9 Å². The molecule has 0 saturated heterocycles. The fourth-order valence-corrected chi connectivity index (χ4v) is 4.10. The number of carbonyl (C=O) groups excluding carboxylic acids is 1.